The molecule has 1 fully saturated rings. The van der Waals surface area contributed by atoms with E-state index in [-0.39, 0.29) is 34.9 Å². The van der Waals surface area contributed by atoms with E-state index in [4.69, 9.17) is 15.9 Å². The van der Waals surface area contributed by atoms with Gasteiger partial charge in [-0.3, -0.25) is 15.0 Å². The first kappa shape index (κ1) is 27.3. The van der Waals surface area contributed by atoms with Crippen LogP contribution in [0.25, 0.3) is 10.8 Å². The van der Waals surface area contributed by atoms with Gasteiger partial charge < -0.3 is 15.4 Å². The molecule has 0 bridgehead atoms. The molecule has 4 rings (SSSR count). The molecule has 4 N–H and O–H groups in total. The number of methoxy groups -OCH3 is 1. The van der Waals surface area contributed by atoms with Crippen molar-refractivity contribution in [2.45, 2.75) is 36.6 Å². The summed E-state index contributed by atoms with van der Waals surface area (Å²) in [6, 6.07) is 18.1. The number of hydrogen-bond acceptors (Lipinski definition) is 6. The Morgan fingerprint density at radius 2 is 1.76 bits per heavy atom. The summed E-state index contributed by atoms with van der Waals surface area (Å²) in [7, 11) is -2.68. The van der Waals surface area contributed by atoms with E-state index in [1.807, 2.05) is 24.3 Å². The molecule has 1 aliphatic rings. The molecule has 1 saturated heterocycles. The van der Waals surface area contributed by atoms with Gasteiger partial charge in [0.05, 0.1) is 12.0 Å². The van der Waals surface area contributed by atoms with E-state index >= 15 is 0 Å². The van der Waals surface area contributed by atoms with Crippen molar-refractivity contribution in [3.8, 4) is 0 Å². The highest BCUT2D eigenvalue weighted by atomic mass is 32.2. The van der Waals surface area contributed by atoms with Crippen LogP contribution in [0.2, 0.25) is 0 Å². The first-order chi connectivity index (χ1) is 18.2. The van der Waals surface area contributed by atoms with E-state index < -0.39 is 16.1 Å². The highest BCUT2D eigenvalue weighted by Gasteiger charge is 2.32. The zero-order valence-corrected chi connectivity index (χ0v) is 22.0. The summed E-state index contributed by atoms with van der Waals surface area (Å²) in [6.45, 7) is 0.838. The van der Waals surface area contributed by atoms with E-state index in [9.17, 15) is 18.0 Å². The van der Waals surface area contributed by atoms with Crippen LogP contribution in [0.4, 0.5) is 0 Å². The molecule has 0 radical (unpaired) electrons. The number of nitrogen functional groups attached to an aromatic ring is 1. The normalized spacial score (nSPS) is 15.2. The van der Waals surface area contributed by atoms with E-state index in [0.29, 0.717) is 43.5 Å². The summed E-state index contributed by atoms with van der Waals surface area (Å²) in [5, 5.41) is 9.41. The largest absolute Gasteiger partial charge is 0.469 e. The van der Waals surface area contributed by atoms with Crippen LogP contribution in [-0.4, -0.2) is 57.3 Å². The molecule has 200 valence electrons. The number of nitrogens with zero attached hydrogens (tertiary/aromatic N) is 1. The van der Waals surface area contributed by atoms with Crippen LogP contribution in [0.15, 0.2) is 71.6 Å². The monoisotopic (exact) mass is 536 g/mol. The van der Waals surface area contributed by atoms with E-state index in [1.54, 1.807) is 41.3 Å². The first-order valence-electron chi connectivity index (χ1n) is 12.5. The quantitative estimate of drug-likeness (QED) is 0.218. The molecule has 1 atom stereocenters. The minimum Gasteiger partial charge on any atom is -0.469 e. The second-order valence-corrected chi connectivity index (χ2v) is 11.3. The standard InChI is InChI=1S/C28H32N4O5S/c1-37-26(33)17-19-11-13-32(14-12-19)28(34)25(16-20-5-4-8-23(15-20)27(29)30)31-38(35,36)24-10-9-21-6-2-3-7-22(21)18-24/h2-10,15,18-19,25,31H,11-14,16-17H2,1H3,(H3,29,30)/t25-/m1/s1. The van der Waals surface area contributed by atoms with Crippen LogP contribution in [0.3, 0.4) is 0 Å². The molecule has 3 aromatic carbocycles. The number of fused-ring (bicyclic) bond motifs is 1. The molecular formula is C28H32N4O5S. The summed E-state index contributed by atoms with van der Waals surface area (Å²) in [4.78, 5) is 27.0. The van der Waals surface area contributed by atoms with Crippen molar-refractivity contribution < 1.29 is 22.7 Å². The Balaban J connectivity index is 1.58. The smallest absolute Gasteiger partial charge is 0.305 e. The van der Waals surface area contributed by atoms with Crippen molar-refractivity contribution in [3.05, 3.63) is 77.9 Å². The second-order valence-electron chi connectivity index (χ2n) is 9.55. The first-order valence-corrected chi connectivity index (χ1v) is 13.9. The Labute approximate surface area is 222 Å². The predicted molar refractivity (Wildman–Crippen MR) is 145 cm³/mol. The van der Waals surface area contributed by atoms with Gasteiger partial charge in [0, 0.05) is 25.1 Å². The summed E-state index contributed by atoms with van der Waals surface area (Å²) in [5.74, 6) is -0.606. The molecule has 0 spiro atoms. The van der Waals surface area contributed by atoms with Gasteiger partial charge in [-0.25, -0.2) is 8.42 Å². The van der Waals surface area contributed by atoms with Gasteiger partial charge in [0.25, 0.3) is 0 Å². The molecule has 3 aromatic rings. The summed E-state index contributed by atoms with van der Waals surface area (Å²) < 4.78 is 34.3. The molecule has 38 heavy (non-hydrogen) atoms. The molecule has 1 heterocycles. The molecule has 0 saturated carbocycles. The van der Waals surface area contributed by atoms with E-state index in [2.05, 4.69) is 4.72 Å². The third-order valence-electron chi connectivity index (χ3n) is 6.91. The van der Waals surface area contributed by atoms with Crippen LogP contribution in [0, 0.1) is 11.3 Å². The Morgan fingerprint density at radius 3 is 2.45 bits per heavy atom. The van der Waals surface area contributed by atoms with E-state index in [0.717, 1.165) is 10.8 Å². The number of carbonyl (C=O) groups is 2. The molecule has 0 aromatic heterocycles. The zero-order chi connectivity index (χ0) is 27.3. The lowest BCUT2D eigenvalue weighted by atomic mass is 9.93. The molecule has 1 amide bonds. The van der Waals surface area contributed by atoms with Crippen LogP contribution in [-0.2, 0) is 30.8 Å². The van der Waals surface area contributed by atoms with Gasteiger partial charge in [0.2, 0.25) is 15.9 Å². The number of sulfonamides is 1. The van der Waals surface area contributed by atoms with Gasteiger partial charge >= 0.3 is 5.97 Å². The maximum Gasteiger partial charge on any atom is 0.305 e. The van der Waals surface area contributed by atoms with Crippen molar-refractivity contribution in [2.75, 3.05) is 20.2 Å². The number of nitrogens with two attached hydrogens (primary N) is 1. The van der Waals surface area contributed by atoms with Gasteiger partial charge in [-0.05, 0) is 59.7 Å². The van der Waals surface area contributed by atoms with Crippen LogP contribution in [0.5, 0.6) is 0 Å². The molecular weight excluding hydrogens is 504 g/mol. The fourth-order valence-electron chi connectivity index (χ4n) is 4.77. The topological polar surface area (TPSA) is 143 Å². The molecule has 0 unspecified atom stereocenters. The SMILES string of the molecule is COC(=O)CC1CCN(C(=O)[C@@H](Cc2cccc(C(=N)N)c2)NS(=O)(=O)c2ccc3ccccc3c2)CC1. The van der Waals surface area contributed by atoms with Gasteiger partial charge in [-0.15, -0.1) is 0 Å². The minimum absolute atomic E-state index is 0.0725. The zero-order valence-electron chi connectivity index (χ0n) is 21.2. The number of amides is 1. The number of piperidine rings is 1. The lowest BCUT2D eigenvalue weighted by molar-refractivity contribution is -0.142. The average Bonchev–Trinajstić information content (AvgIpc) is 2.92. The lowest BCUT2D eigenvalue weighted by Gasteiger charge is -2.34. The van der Waals surface area contributed by atoms with Crippen LogP contribution in [0.1, 0.15) is 30.4 Å². The third-order valence-corrected chi connectivity index (χ3v) is 8.38. The number of likely N-dealkylation sites (tertiary alicyclic amines) is 1. The van der Waals surface area contributed by atoms with Crippen molar-refractivity contribution in [2.24, 2.45) is 11.7 Å². The fraction of sp³-hybridized carbons (Fsp3) is 0.321. The molecule has 9 nitrogen and oxygen atoms in total. The summed E-state index contributed by atoms with van der Waals surface area (Å²) >= 11 is 0. The Morgan fingerprint density at radius 1 is 1.05 bits per heavy atom. The Kier molecular flexibility index (Phi) is 8.43. The number of hydrogen-bond donors (Lipinski definition) is 3. The number of esters is 1. The maximum atomic E-state index is 13.7. The summed E-state index contributed by atoms with van der Waals surface area (Å²) in [6.07, 6.45) is 1.65. The number of benzene rings is 3. The fourth-order valence-corrected chi connectivity index (χ4v) is 5.99. The number of ether oxygens (including phenoxy) is 1. The number of rotatable bonds is 9. The van der Waals surface area contributed by atoms with Crippen LogP contribution < -0.4 is 10.5 Å². The molecule has 1 aliphatic heterocycles. The third kappa shape index (κ3) is 6.56. The maximum absolute atomic E-state index is 13.7. The Bertz CT molecular complexity index is 1450. The second kappa shape index (κ2) is 11.7. The minimum atomic E-state index is -4.04. The van der Waals surface area contributed by atoms with Crippen molar-refractivity contribution in [1.82, 2.24) is 9.62 Å². The average molecular weight is 537 g/mol. The van der Waals surface area contributed by atoms with Gasteiger partial charge in [0.1, 0.15) is 11.9 Å². The van der Waals surface area contributed by atoms with Gasteiger partial charge in [0.15, 0.2) is 0 Å². The number of amidine groups is 1. The van der Waals surface area contributed by atoms with Gasteiger partial charge in [-0.2, -0.15) is 4.72 Å². The number of nitrogens with one attached hydrogen (secondary N) is 2. The Hall–Kier alpha value is -3.76. The van der Waals surface area contributed by atoms with Crippen molar-refractivity contribution in [3.63, 3.8) is 0 Å². The van der Waals surface area contributed by atoms with Crippen LogP contribution >= 0.6 is 0 Å². The number of carbonyl (C=O) groups excluding carboxylic acids is 2. The predicted octanol–water partition coefficient (Wildman–Crippen LogP) is 2.82. The highest BCUT2D eigenvalue weighted by Crippen LogP contribution is 2.23. The molecule has 0 aliphatic carbocycles. The molecule has 10 heteroatoms. The lowest BCUT2D eigenvalue weighted by Crippen LogP contribution is -2.51. The van der Waals surface area contributed by atoms with Crippen molar-refractivity contribution in [1.29, 1.82) is 5.41 Å². The van der Waals surface area contributed by atoms with Gasteiger partial charge in [-0.1, -0.05) is 48.5 Å². The summed E-state index contributed by atoms with van der Waals surface area (Å²) in [5.41, 5.74) is 6.81. The highest BCUT2D eigenvalue weighted by molar-refractivity contribution is 7.89. The van der Waals surface area contributed by atoms with Crippen molar-refractivity contribution >= 4 is 38.5 Å². The van der Waals surface area contributed by atoms with E-state index in [1.165, 1.54) is 13.2 Å².